The van der Waals surface area contributed by atoms with Crippen molar-refractivity contribution in [3.63, 3.8) is 0 Å². The molecule has 2 aromatic carbocycles. The van der Waals surface area contributed by atoms with Gasteiger partial charge in [0.2, 0.25) is 11.8 Å². The minimum Gasteiger partial charge on any atom is -0.341 e. The third-order valence-corrected chi connectivity index (χ3v) is 6.50. The number of thioether (sulfide) groups is 1. The Morgan fingerprint density at radius 1 is 1.03 bits per heavy atom. The van der Waals surface area contributed by atoms with Crippen molar-refractivity contribution in [1.82, 2.24) is 14.5 Å². The van der Waals surface area contributed by atoms with Crippen LogP contribution in [0.1, 0.15) is 20.3 Å². The van der Waals surface area contributed by atoms with Crippen molar-refractivity contribution < 1.29 is 9.59 Å². The Morgan fingerprint density at radius 2 is 1.71 bits per heavy atom. The Labute approximate surface area is 187 Å². The number of carbonyl (C=O) groups excluding carboxylic acids is 2. The number of fused-ring (bicyclic) bond motifs is 1. The topological polar surface area (TPSA) is 67.2 Å². The number of benzene rings is 2. The van der Waals surface area contributed by atoms with Crippen LogP contribution in [0.4, 0.5) is 5.69 Å². The smallest absolute Gasteiger partial charge is 0.242 e. The zero-order valence-electron chi connectivity index (χ0n) is 18.0. The van der Waals surface area contributed by atoms with Crippen LogP contribution < -0.4 is 5.32 Å². The summed E-state index contributed by atoms with van der Waals surface area (Å²) in [5.41, 5.74) is 2.52. The predicted molar refractivity (Wildman–Crippen MR) is 125 cm³/mol. The molecule has 0 spiro atoms. The van der Waals surface area contributed by atoms with E-state index in [1.54, 1.807) is 0 Å². The Kier molecular flexibility index (Phi) is 6.61. The molecule has 1 aliphatic heterocycles. The molecule has 4 rings (SSSR count). The van der Waals surface area contributed by atoms with Crippen LogP contribution >= 0.6 is 11.8 Å². The molecule has 0 bridgehead atoms. The van der Waals surface area contributed by atoms with Gasteiger partial charge in [-0.2, -0.15) is 0 Å². The molecule has 2 heterocycles. The zero-order chi connectivity index (χ0) is 21.8. The highest BCUT2D eigenvalue weighted by molar-refractivity contribution is 7.99. The third kappa shape index (κ3) is 5.28. The number of hydrogen-bond donors (Lipinski definition) is 1. The number of anilines is 1. The summed E-state index contributed by atoms with van der Waals surface area (Å²) < 4.78 is 1.95. The van der Waals surface area contributed by atoms with Gasteiger partial charge in [0, 0.05) is 18.8 Å². The standard InChI is InChI=1S/C24H28N4O2S/c1-17-12-18(2)14-27(13-17)23(30)15-28-21-11-7-6-10-20(21)26-24(28)31-16-22(29)25-19-8-4-3-5-9-19/h3-11,17-18H,12-16H2,1-2H3,(H,25,29)/t17-,18-/m0/s1. The molecular weight excluding hydrogens is 408 g/mol. The lowest BCUT2D eigenvalue weighted by molar-refractivity contribution is -0.134. The van der Waals surface area contributed by atoms with E-state index in [-0.39, 0.29) is 24.1 Å². The van der Waals surface area contributed by atoms with Crippen LogP contribution in [-0.2, 0) is 16.1 Å². The molecule has 0 unspecified atom stereocenters. The van der Waals surface area contributed by atoms with Crippen molar-refractivity contribution in [2.24, 2.45) is 11.8 Å². The van der Waals surface area contributed by atoms with E-state index in [9.17, 15) is 9.59 Å². The van der Waals surface area contributed by atoms with Crippen molar-refractivity contribution in [3.8, 4) is 0 Å². The van der Waals surface area contributed by atoms with E-state index in [0.29, 0.717) is 17.0 Å². The Hall–Kier alpha value is -2.80. The van der Waals surface area contributed by atoms with Gasteiger partial charge in [-0.25, -0.2) is 4.98 Å². The van der Waals surface area contributed by atoms with Gasteiger partial charge in [-0.05, 0) is 42.5 Å². The molecule has 7 heteroatoms. The zero-order valence-corrected chi connectivity index (χ0v) is 18.8. The average molecular weight is 437 g/mol. The maximum atomic E-state index is 13.1. The van der Waals surface area contributed by atoms with Crippen LogP contribution in [0.3, 0.4) is 0 Å². The molecule has 1 N–H and O–H groups in total. The summed E-state index contributed by atoms with van der Waals surface area (Å²) in [5, 5.41) is 3.59. The molecule has 6 nitrogen and oxygen atoms in total. The van der Waals surface area contributed by atoms with E-state index in [0.717, 1.165) is 36.2 Å². The highest BCUT2D eigenvalue weighted by Gasteiger charge is 2.26. The van der Waals surface area contributed by atoms with Gasteiger partial charge in [0.25, 0.3) is 0 Å². The quantitative estimate of drug-likeness (QED) is 0.586. The third-order valence-electron chi connectivity index (χ3n) is 5.52. The summed E-state index contributed by atoms with van der Waals surface area (Å²) >= 11 is 1.36. The molecule has 1 saturated heterocycles. The first-order valence-corrected chi connectivity index (χ1v) is 11.7. The second-order valence-corrected chi connectivity index (χ2v) is 9.36. The van der Waals surface area contributed by atoms with Crippen LogP contribution in [0.2, 0.25) is 0 Å². The first-order valence-electron chi connectivity index (χ1n) is 10.7. The van der Waals surface area contributed by atoms with Gasteiger partial charge in [0.15, 0.2) is 5.16 Å². The Morgan fingerprint density at radius 3 is 2.45 bits per heavy atom. The molecule has 1 aromatic heterocycles. The summed E-state index contributed by atoms with van der Waals surface area (Å²) in [6.07, 6.45) is 1.16. The fourth-order valence-corrected chi connectivity index (χ4v) is 5.08. The van der Waals surface area contributed by atoms with Gasteiger partial charge in [0.1, 0.15) is 6.54 Å². The van der Waals surface area contributed by atoms with Gasteiger partial charge < -0.3 is 14.8 Å². The number of imidazole rings is 1. The normalized spacial score (nSPS) is 18.8. The Bertz CT molecular complexity index is 1060. The summed E-state index contributed by atoms with van der Waals surface area (Å²) in [4.78, 5) is 32.2. The number of aromatic nitrogens is 2. The molecule has 1 aliphatic rings. The van der Waals surface area contributed by atoms with E-state index in [1.165, 1.54) is 11.8 Å². The van der Waals surface area contributed by atoms with Gasteiger partial charge in [-0.15, -0.1) is 0 Å². The van der Waals surface area contributed by atoms with E-state index in [4.69, 9.17) is 4.98 Å². The highest BCUT2D eigenvalue weighted by Crippen LogP contribution is 2.26. The molecule has 0 saturated carbocycles. The molecule has 3 aromatic rings. The van der Waals surface area contributed by atoms with Crippen LogP contribution in [0.15, 0.2) is 59.8 Å². The predicted octanol–water partition coefficient (Wildman–Crippen LogP) is 4.27. The van der Waals surface area contributed by atoms with Gasteiger partial charge >= 0.3 is 0 Å². The molecule has 31 heavy (non-hydrogen) atoms. The number of carbonyl (C=O) groups is 2. The number of hydrogen-bond acceptors (Lipinski definition) is 4. The van der Waals surface area contributed by atoms with Gasteiger partial charge in [-0.3, -0.25) is 9.59 Å². The van der Waals surface area contributed by atoms with Crippen LogP contribution in [0, 0.1) is 11.8 Å². The molecule has 0 aliphatic carbocycles. The van der Waals surface area contributed by atoms with E-state index < -0.39 is 0 Å². The number of nitrogens with one attached hydrogen (secondary N) is 1. The maximum Gasteiger partial charge on any atom is 0.242 e. The summed E-state index contributed by atoms with van der Waals surface area (Å²) in [6.45, 7) is 6.25. The van der Waals surface area contributed by atoms with E-state index >= 15 is 0 Å². The molecule has 162 valence electrons. The minimum absolute atomic E-state index is 0.0974. The Balaban J connectivity index is 1.49. The fourth-order valence-electron chi connectivity index (χ4n) is 4.27. The van der Waals surface area contributed by atoms with Crippen LogP contribution in [0.5, 0.6) is 0 Å². The summed E-state index contributed by atoms with van der Waals surface area (Å²) in [5.74, 6) is 1.27. The van der Waals surface area contributed by atoms with E-state index in [1.807, 2.05) is 64.1 Å². The van der Waals surface area contributed by atoms with Gasteiger partial charge in [0.05, 0.1) is 16.8 Å². The van der Waals surface area contributed by atoms with Crippen molar-refractivity contribution >= 4 is 40.3 Å². The van der Waals surface area contributed by atoms with Crippen molar-refractivity contribution in [2.45, 2.75) is 32.0 Å². The summed E-state index contributed by atoms with van der Waals surface area (Å²) in [7, 11) is 0. The minimum atomic E-state index is -0.0974. The van der Waals surface area contributed by atoms with E-state index in [2.05, 4.69) is 19.2 Å². The molecule has 1 fully saturated rings. The maximum absolute atomic E-state index is 13.1. The lowest BCUT2D eigenvalue weighted by Crippen LogP contribution is -2.44. The van der Waals surface area contributed by atoms with Crippen molar-refractivity contribution in [2.75, 3.05) is 24.2 Å². The average Bonchev–Trinajstić information content (AvgIpc) is 3.10. The second-order valence-electron chi connectivity index (χ2n) is 8.42. The molecule has 0 radical (unpaired) electrons. The highest BCUT2D eigenvalue weighted by atomic mass is 32.2. The SMILES string of the molecule is C[C@H]1C[C@H](C)CN(C(=O)Cn2c(SCC(=O)Nc3ccccc3)nc3ccccc32)C1. The number of para-hydroxylation sites is 3. The lowest BCUT2D eigenvalue weighted by atomic mass is 9.92. The number of likely N-dealkylation sites (tertiary alicyclic amines) is 1. The first kappa shape index (κ1) is 21.4. The van der Waals surface area contributed by atoms with Crippen LogP contribution in [-0.4, -0.2) is 45.1 Å². The summed E-state index contributed by atoms with van der Waals surface area (Å²) in [6, 6.07) is 17.2. The number of rotatable bonds is 6. The molecule has 2 atom stereocenters. The number of nitrogens with zero attached hydrogens (tertiary/aromatic N) is 3. The van der Waals surface area contributed by atoms with Crippen molar-refractivity contribution in [1.29, 1.82) is 0 Å². The molecule has 2 amide bonds. The first-order chi connectivity index (χ1) is 15.0. The number of amides is 2. The van der Waals surface area contributed by atoms with Crippen molar-refractivity contribution in [3.05, 3.63) is 54.6 Å². The largest absolute Gasteiger partial charge is 0.341 e. The second kappa shape index (κ2) is 9.56. The van der Waals surface area contributed by atoms with Crippen LogP contribution in [0.25, 0.3) is 11.0 Å². The molecular formula is C24H28N4O2S. The lowest BCUT2D eigenvalue weighted by Gasteiger charge is -2.35. The fraction of sp³-hybridized carbons (Fsp3) is 0.375. The van der Waals surface area contributed by atoms with Gasteiger partial charge in [-0.1, -0.05) is 55.9 Å². The number of piperidine rings is 1. The monoisotopic (exact) mass is 436 g/mol.